The maximum absolute atomic E-state index is 15.0. The number of hydrogen-bond donors (Lipinski definition) is 0. The van der Waals surface area contributed by atoms with Crippen molar-refractivity contribution in [3.8, 4) is 0 Å². The minimum Gasteiger partial charge on any atom is -0.444 e. The van der Waals surface area contributed by atoms with Gasteiger partial charge in [-0.25, -0.2) is 26.8 Å². The number of carbonyl (C=O) groups is 2. The molecule has 2 aromatic carbocycles. The molecule has 0 N–H and O–H groups in total. The number of urea groups is 1. The molecule has 2 aliphatic heterocycles. The number of anilines is 1. The Morgan fingerprint density at radius 2 is 1.57 bits per heavy atom. The summed E-state index contributed by atoms with van der Waals surface area (Å²) >= 11 is 5.94. The van der Waals surface area contributed by atoms with E-state index in [0.29, 0.717) is 37.5 Å². The van der Waals surface area contributed by atoms with E-state index in [2.05, 4.69) is 0 Å². The van der Waals surface area contributed by atoms with E-state index in [-0.39, 0.29) is 30.6 Å². The van der Waals surface area contributed by atoms with E-state index in [0.717, 1.165) is 22.5 Å². The van der Waals surface area contributed by atoms with Crippen LogP contribution in [0.5, 0.6) is 0 Å². The summed E-state index contributed by atoms with van der Waals surface area (Å²) in [5, 5.41) is 0.323. The molecule has 2 aromatic rings. The quantitative estimate of drug-likeness (QED) is 0.497. The fourth-order valence-corrected chi connectivity index (χ4v) is 6.62. The van der Waals surface area contributed by atoms with Crippen molar-refractivity contribution in [2.45, 2.75) is 50.2 Å². The molecule has 3 amide bonds. The fourth-order valence-electron chi connectivity index (χ4n) is 4.82. The lowest BCUT2D eigenvalue weighted by Gasteiger charge is -2.42. The molecule has 1 unspecified atom stereocenters. The van der Waals surface area contributed by atoms with Crippen molar-refractivity contribution < 1.29 is 31.5 Å². The maximum Gasteiger partial charge on any atom is 0.410 e. The number of carbonyl (C=O) groups excluding carboxylic acids is 2. The van der Waals surface area contributed by atoms with Crippen LogP contribution in [0.3, 0.4) is 0 Å². The summed E-state index contributed by atoms with van der Waals surface area (Å²) in [5.74, 6) is -1.69. The predicted octanol–water partition coefficient (Wildman–Crippen LogP) is 4.95. The minimum absolute atomic E-state index is 0.0200. The van der Waals surface area contributed by atoms with Gasteiger partial charge in [0.2, 0.25) is 0 Å². The second-order valence-corrected chi connectivity index (χ2v) is 13.1. The highest BCUT2D eigenvalue weighted by Crippen LogP contribution is 2.33. The third kappa shape index (κ3) is 6.77. The lowest BCUT2D eigenvalue weighted by Crippen LogP contribution is -2.58. The molecule has 2 fully saturated rings. The summed E-state index contributed by atoms with van der Waals surface area (Å²) in [6.45, 7) is 6.86. The molecule has 40 heavy (non-hydrogen) atoms. The fraction of sp³-hybridized carbons (Fsp3) is 0.481. The molecular formula is C27H33ClF2N4O5S. The molecule has 0 aromatic heterocycles. The monoisotopic (exact) mass is 598 g/mol. The van der Waals surface area contributed by atoms with Crippen LogP contribution in [0, 0.1) is 11.6 Å². The molecule has 0 aliphatic carbocycles. The van der Waals surface area contributed by atoms with Gasteiger partial charge in [-0.2, -0.15) is 0 Å². The van der Waals surface area contributed by atoms with E-state index in [1.807, 2.05) is 0 Å². The van der Waals surface area contributed by atoms with Crippen molar-refractivity contribution in [1.29, 1.82) is 0 Å². The molecule has 4 rings (SSSR count). The molecule has 0 radical (unpaired) electrons. The van der Waals surface area contributed by atoms with Gasteiger partial charge in [0.1, 0.15) is 17.2 Å². The summed E-state index contributed by atoms with van der Waals surface area (Å²) in [6.07, 6.45) is 0.342. The number of likely N-dealkylation sites (tertiary alicyclic amines) is 1. The van der Waals surface area contributed by atoms with Gasteiger partial charge in [0.25, 0.3) is 10.0 Å². The van der Waals surface area contributed by atoms with E-state index in [4.69, 9.17) is 16.3 Å². The smallest absolute Gasteiger partial charge is 0.410 e. The summed E-state index contributed by atoms with van der Waals surface area (Å²) in [4.78, 5) is 30.4. The SMILES string of the molecule is CC(C)(C)OC(=O)N1CCN(C(=O)N2CCCC(N(c3cc(F)ccc3F)S(=O)(=O)c3ccc(Cl)cc3)C2)CC1. The molecule has 2 saturated heterocycles. The van der Waals surface area contributed by atoms with Crippen molar-refractivity contribution in [2.24, 2.45) is 0 Å². The van der Waals surface area contributed by atoms with Crippen LogP contribution in [0.25, 0.3) is 0 Å². The molecule has 9 nitrogen and oxygen atoms in total. The normalized spacial score (nSPS) is 18.4. The lowest BCUT2D eigenvalue weighted by molar-refractivity contribution is 0.0154. The minimum atomic E-state index is -4.36. The Morgan fingerprint density at radius 1 is 0.950 bits per heavy atom. The number of hydrogen-bond acceptors (Lipinski definition) is 5. The van der Waals surface area contributed by atoms with Gasteiger partial charge >= 0.3 is 12.1 Å². The Hall–Kier alpha value is -3.12. The van der Waals surface area contributed by atoms with Gasteiger partial charge in [-0.3, -0.25) is 4.31 Å². The van der Waals surface area contributed by atoms with Gasteiger partial charge in [-0.15, -0.1) is 0 Å². The number of piperazine rings is 1. The van der Waals surface area contributed by atoms with E-state index < -0.39 is 45.1 Å². The Morgan fingerprint density at radius 3 is 2.20 bits per heavy atom. The Bertz CT molecular complexity index is 1350. The first kappa shape index (κ1) is 29.9. The first-order valence-corrected chi connectivity index (χ1v) is 14.8. The zero-order valence-corrected chi connectivity index (χ0v) is 24.2. The van der Waals surface area contributed by atoms with Gasteiger partial charge in [-0.05, 0) is 70.0 Å². The van der Waals surface area contributed by atoms with Crippen LogP contribution in [-0.4, -0.2) is 86.2 Å². The lowest BCUT2D eigenvalue weighted by atomic mass is 10.1. The number of rotatable bonds is 4. The summed E-state index contributed by atoms with van der Waals surface area (Å²) in [7, 11) is -4.36. The largest absolute Gasteiger partial charge is 0.444 e. The standard InChI is InChI=1S/C27H33ClF2N4O5S/c1-27(2,3)39-26(36)32-15-13-31(14-16-32)25(35)33-12-4-5-21(18-33)34(24-17-20(29)8-11-23(24)30)40(37,38)22-9-6-19(28)7-10-22/h6-11,17,21H,4-5,12-16,18H2,1-3H3. The van der Waals surface area contributed by atoms with Gasteiger partial charge in [0.15, 0.2) is 0 Å². The highest BCUT2D eigenvalue weighted by atomic mass is 35.5. The average Bonchev–Trinajstić information content (AvgIpc) is 2.90. The highest BCUT2D eigenvalue weighted by Gasteiger charge is 2.39. The van der Waals surface area contributed by atoms with Gasteiger partial charge in [-0.1, -0.05) is 11.6 Å². The number of piperidine rings is 1. The summed E-state index contributed by atoms with van der Waals surface area (Å²) < 4.78 is 63.2. The molecule has 2 heterocycles. The number of amides is 3. The van der Waals surface area contributed by atoms with E-state index >= 15 is 4.39 Å². The van der Waals surface area contributed by atoms with Crippen molar-refractivity contribution >= 4 is 39.4 Å². The van der Waals surface area contributed by atoms with Crippen LogP contribution in [0.2, 0.25) is 5.02 Å². The molecule has 13 heteroatoms. The molecule has 1 atom stereocenters. The molecule has 218 valence electrons. The van der Waals surface area contributed by atoms with Crippen molar-refractivity contribution in [1.82, 2.24) is 14.7 Å². The first-order chi connectivity index (χ1) is 18.8. The molecule has 0 spiro atoms. The zero-order chi connectivity index (χ0) is 29.2. The second-order valence-electron chi connectivity index (χ2n) is 10.8. The van der Waals surface area contributed by atoms with Crippen molar-refractivity contribution in [2.75, 3.05) is 43.6 Å². The van der Waals surface area contributed by atoms with Gasteiger partial charge in [0.05, 0.1) is 16.6 Å². The van der Waals surface area contributed by atoms with E-state index in [1.165, 1.54) is 29.2 Å². The molecular weight excluding hydrogens is 566 g/mol. The number of sulfonamides is 1. The molecule has 0 saturated carbocycles. The molecule has 2 aliphatic rings. The number of ether oxygens (including phenoxy) is 1. The third-order valence-electron chi connectivity index (χ3n) is 6.72. The summed E-state index contributed by atoms with van der Waals surface area (Å²) in [6, 6.07) is 6.90. The number of halogens is 3. The van der Waals surface area contributed by atoms with Gasteiger partial charge < -0.3 is 19.4 Å². The second kappa shape index (κ2) is 11.8. The predicted molar refractivity (Wildman–Crippen MR) is 147 cm³/mol. The summed E-state index contributed by atoms with van der Waals surface area (Å²) in [5.41, 5.74) is -1.06. The maximum atomic E-state index is 15.0. The van der Waals surface area contributed by atoms with E-state index in [9.17, 15) is 22.4 Å². The Kier molecular flexibility index (Phi) is 8.79. The third-order valence-corrected chi connectivity index (χ3v) is 8.85. The highest BCUT2D eigenvalue weighted by molar-refractivity contribution is 7.92. The van der Waals surface area contributed by atoms with E-state index in [1.54, 1.807) is 30.6 Å². The van der Waals surface area contributed by atoms with Crippen LogP contribution in [0.4, 0.5) is 24.1 Å². The number of nitrogens with zero attached hydrogens (tertiary/aromatic N) is 4. The average molecular weight is 599 g/mol. The van der Waals surface area contributed by atoms with Crippen LogP contribution in [0.1, 0.15) is 33.6 Å². The number of benzene rings is 2. The van der Waals surface area contributed by atoms with Crippen LogP contribution in [-0.2, 0) is 14.8 Å². The van der Waals surface area contributed by atoms with Crippen LogP contribution in [0.15, 0.2) is 47.4 Å². The topological polar surface area (TPSA) is 90.5 Å². The van der Waals surface area contributed by atoms with Crippen LogP contribution < -0.4 is 4.31 Å². The Balaban J connectivity index is 1.54. The van der Waals surface area contributed by atoms with Gasteiger partial charge in [0, 0.05) is 50.4 Å². The first-order valence-electron chi connectivity index (χ1n) is 13.0. The molecule has 0 bridgehead atoms. The zero-order valence-electron chi connectivity index (χ0n) is 22.6. The van der Waals surface area contributed by atoms with Crippen LogP contribution >= 0.6 is 11.6 Å². The Labute approximate surface area is 238 Å². The van der Waals surface area contributed by atoms with Crippen molar-refractivity contribution in [3.05, 3.63) is 59.1 Å². The van der Waals surface area contributed by atoms with Crippen molar-refractivity contribution in [3.63, 3.8) is 0 Å².